The number of nitrogens with one attached hydrogen (secondary N) is 1. The number of carbonyl (C=O) groups excluding carboxylic acids is 1. The van der Waals surface area contributed by atoms with E-state index < -0.39 is 22.6 Å². The van der Waals surface area contributed by atoms with Gasteiger partial charge < -0.3 is 15.0 Å². The second-order valence-electron chi connectivity index (χ2n) is 6.40. The minimum atomic E-state index is -4.29. The number of carbonyl (C=O) groups is 1. The molecule has 0 aliphatic carbocycles. The molecule has 146 valence electrons. The number of rotatable bonds is 6. The van der Waals surface area contributed by atoms with Crippen LogP contribution in [0.5, 0.6) is 0 Å². The summed E-state index contributed by atoms with van der Waals surface area (Å²) in [7, 11) is -3.03. The van der Waals surface area contributed by atoms with Crippen LogP contribution >= 0.6 is 0 Å². The van der Waals surface area contributed by atoms with Gasteiger partial charge in [-0.3, -0.25) is 4.90 Å². The van der Waals surface area contributed by atoms with E-state index in [2.05, 4.69) is 15.0 Å². The van der Waals surface area contributed by atoms with Gasteiger partial charge in [0.1, 0.15) is 6.61 Å². The van der Waals surface area contributed by atoms with Gasteiger partial charge in [0.25, 0.3) is 0 Å². The molecule has 1 unspecified atom stereocenters. The van der Waals surface area contributed by atoms with E-state index in [9.17, 15) is 26.4 Å². The molecule has 11 heteroatoms. The summed E-state index contributed by atoms with van der Waals surface area (Å²) in [4.78, 5) is 15.9. The second kappa shape index (κ2) is 8.54. The molecule has 2 heterocycles. The van der Waals surface area contributed by atoms with E-state index in [1.807, 2.05) is 0 Å². The van der Waals surface area contributed by atoms with Crippen molar-refractivity contribution in [2.24, 2.45) is 0 Å². The van der Waals surface area contributed by atoms with Gasteiger partial charge in [-0.05, 0) is 12.8 Å². The molecule has 0 bridgehead atoms. The highest BCUT2D eigenvalue weighted by molar-refractivity contribution is 7.91. The van der Waals surface area contributed by atoms with Crippen LogP contribution in [0.4, 0.5) is 18.0 Å². The minimum absolute atomic E-state index is 0.00334. The molecule has 0 radical (unpaired) electrons. The van der Waals surface area contributed by atoms with Gasteiger partial charge in [0.2, 0.25) is 0 Å². The Hall–Kier alpha value is -1.07. The Labute approximate surface area is 145 Å². The van der Waals surface area contributed by atoms with Gasteiger partial charge in [0.05, 0.1) is 11.5 Å². The molecule has 2 amide bonds. The Bertz CT molecular complexity index is 548. The SMILES string of the molecule is O=C(NC1CCS(=O)(=O)C1)N1CCN(CCCOCC(F)(F)F)CC1. The molecule has 7 nitrogen and oxygen atoms in total. The molecule has 2 fully saturated rings. The molecule has 25 heavy (non-hydrogen) atoms. The van der Waals surface area contributed by atoms with Crippen molar-refractivity contribution < 1.29 is 31.1 Å². The first kappa shape index (κ1) is 20.2. The monoisotopic (exact) mass is 387 g/mol. The van der Waals surface area contributed by atoms with Gasteiger partial charge in [-0.1, -0.05) is 0 Å². The van der Waals surface area contributed by atoms with E-state index in [0.29, 0.717) is 45.6 Å². The lowest BCUT2D eigenvalue weighted by Gasteiger charge is -2.35. The summed E-state index contributed by atoms with van der Waals surface area (Å²) in [5, 5.41) is 2.76. The number of sulfone groups is 1. The fourth-order valence-electron chi connectivity index (χ4n) is 2.93. The van der Waals surface area contributed by atoms with Crippen molar-refractivity contribution in [1.82, 2.24) is 15.1 Å². The summed E-state index contributed by atoms with van der Waals surface area (Å²) >= 11 is 0. The Balaban J connectivity index is 1.59. The van der Waals surface area contributed by atoms with E-state index in [1.165, 1.54) is 0 Å². The average molecular weight is 387 g/mol. The van der Waals surface area contributed by atoms with E-state index in [4.69, 9.17) is 0 Å². The lowest BCUT2D eigenvalue weighted by atomic mass is 10.2. The van der Waals surface area contributed by atoms with Crippen molar-refractivity contribution in [3.8, 4) is 0 Å². The van der Waals surface area contributed by atoms with Crippen molar-refractivity contribution in [2.75, 3.05) is 57.4 Å². The van der Waals surface area contributed by atoms with Crippen LogP contribution in [0.2, 0.25) is 0 Å². The zero-order valence-electron chi connectivity index (χ0n) is 13.9. The Morgan fingerprint density at radius 1 is 1.20 bits per heavy atom. The number of piperazine rings is 1. The largest absolute Gasteiger partial charge is 0.411 e. The number of hydrogen-bond acceptors (Lipinski definition) is 5. The molecule has 0 aromatic heterocycles. The molecular weight excluding hydrogens is 363 g/mol. The lowest BCUT2D eigenvalue weighted by Crippen LogP contribution is -2.53. The summed E-state index contributed by atoms with van der Waals surface area (Å²) in [6.07, 6.45) is -3.34. The van der Waals surface area contributed by atoms with Crippen molar-refractivity contribution in [3.63, 3.8) is 0 Å². The van der Waals surface area contributed by atoms with Gasteiger partial charge in [-0.25, -0.2) is 13.2 Å². The predicted octanol–water partition coefficient (Wildman–Crippen LogP) is 0.470. The number of halogens is 3. The normalized spacial score (nSPS) is 24.4. The van der Waals surface area contributed by atoms with Gasteiger partial charge in [0, 0.05) is 45.4 Å². The Kier molecular flexibility index (Phi) is 6.92. The van der Waals surface area contributed by atoms with Crippen LogP contribution < -0.4 is 5.32 Å². The van der Waals surface area contributed by atoms with Crippen LogP contribution in [0.15, 0.2) is 0 Å². The third kappa shape index (κ3) is 7.37. The van der Waals surface area contributed by atoms with Crippen molar-refractivity contribution >= 4 is 15.9 Å². The topological polar surface area (TPSA) is 79.0 Å². The van der Waals surface area contributed by atoms with E-state index in [-0.39, 0.29) is 30.2 Å². The predicted molar refractivity (Wildman–Crippen MR) is 85.1 cm³/mol. The standard InChI is InChI=1S/C14H24F3N3O4S/c15-14(16,17)11-24-8-1-3-19-4-6-20(7-5-19)13(21)18-12-2-9-25(22,23)10-12/h12H,1-11H2,(H,18,21). The maximum Gasteiger partial charge on any atom is 0.411 e. The number of alkyl halides is 3. The third-order valence-corrected chi connectivity index (χ3v) is 6.02. The van der Waals surface area contributed by atoms with Gasteiger partial charge in [-0.2, -0.15) is 13.2 Å². The molecule has 0 spiro atoms. The number of ether oxygens (including phenoxy) is 1. The molecule has 0 aromatic carbocycles. The molecule has 0 saturated carbocycles. The maximum atomic E-state index is 12.1. The fourth-order valence-corrected chi connectivity index (χ4v) is 4.60. The van der Waals surface area contributed by atoms with E-state index in [1.54, 1.807) is 4.90 Å². The summed E-state index contributed by atoms with van der Waals surface area (Å²) in [5.41, 5.74) is 0. The summed E-state index contributed by atoms with van der Waals surface area (Å²) in [5.74, 6) is 0.110. The first-order chi connectivity index (χ1) is 11.6. The summed E-state index contributed by atoms with van der Waals surface area (Å²) < 4.78 is 63.2. The minimum Gasteiger partial charge on any atom is -0.372 e. The van der Waals surface area contributed by atoms with Gasteiger partial charge in [0.15, 0.2) is 9.84 Å². The van der Waals surface area contributed by atoms with Crippen molar-refractivity contribution in [3.05, 3.63) is 0 Å². The van der Waals surface area contributed by atoms with E-state index in [0.717, 1.165) is 0 Å². The van der Waals surface area contributed by atoms with Crippen molar-refractivity contribution in [1.29, 1.82) is 0 Å². The fraction of sp³-hybridized carbons (Fsp3) is 0.929. The molecule has 1 N–H and O–H groups in total. The Morgan fingerprint density at radius 3 is 2.44 bits per heavy atom. The number of hydrogen-bond donors (Lipinski definition) is 1. The number of nitrogens with zero attached hydrogens (tertiary/aromatic N) is 2. The molecule has 2 rings (SSSR count). The van der Waals surface area contributed by atoms with Crippen LogP contribution in [-0.2, 0) is 14.6 Å². The molecule has 1 atom stereocenters. The number of urea groups is 1. The molecule has 2 aliphatic rings. The van der Waals surface area contributed by atoms with Crippen LogP contribution in [0.25, 0.3) is 0 Å². The average Bonchev–Trinajstić information content (AvgIpc) is 2.85. The highest BCUT2D eigenvalue weighted by Gasteiger charge is 2.31. The zero-order chi connectivity index (χ0) is 18.5. The highest BCUT2D eigenvalue weighted by Crippen LogP contribution is 2.15. The molecule has 0 aromatic rings. The van der Waals surface area contributed by atoms with Gasteiger partial charge >= 0.3 is 12.2 Å². The number of amides is 2. The Morgan fingerprint density at radius 2 is 1.88 bits per heavy atom. The smallest absolute Gasteiger partial charge is 0.372 e. The molecule has 2 saturated heterocycles. The summed E-state index contributed by atoms with van der Waals surface area (Å²) in [6, 6.07) is -0.573. The summed E-state index contributed by atoms with van der Waals surface area (Å²) in [6.45, 7) is 1.73. The van der Waals surface area contributed by atoms with Crippen LogP contribution in [-0.4, -0.2) is 93.9 Å². The van der Waals surface area contributed by atoms with Crippen LogP contribution in [0.1, 0.15) is 12.8 Å². The maximum absolute atomic E-state index is 12.1. The van der Waals surface area contributed by atoms with Crippen molar-refractivity contribution in [2.45, 2.75) is 25.1 Å². The quantitative estimate of drug-likeness (QED) is 0.671. The lowest BCUT2D eigenvalue weighted by molar-refractivity contribution is -0.174. The molecular formula is C14H24F3N3O4S. The second-order valence-corrected chi connectivity index (χ2v) is 8.63. The first-order valence-electron chi connectivity index (χ1n) is 8.27. The van der Waals surface area contributed by atoms with Crippen LogP contribution in [0.3, 0.4) is 0 Å². The van der Waals surface area contributed by atoms with Crippen LogP contribution in [0, 0.1) is 0 Å². The zero-order valence-corrected chi connectivity index (χ0v) is 14.7. The molecule has 2 aliphatic heterocycles. The first-order valence-corrected chi connectivity index (χ1v) is 10.1. The third-order valence-electron chi connectivity index (χ3n) is 4.25. The van der Waals surface area contributed by atoms with E-state index >= 15 is 0 Å². The van der Waals surface area contributed by atoms with Gasteiger partial charge in [-0.15, -0.1) is 0 Å². The highest BCUT2D eigenvalue weighted by atomic mass is 32.2.